The zero-order chi connectivity index (χ0) is 34.7. The van der Waals surface area contributed by atoms with Crippen LogP contribution in [-0.4, -0.2) is 64.1 Å². The number of benzene rings is 3. The molecule has 1 aromatic heterocycles. The van der Waals surface area contributed by atoms with Crippen LogP contribution in [0.15, 0.2) is 101 Å². The van der Waals surface area contributed by atoms with Crippen LogP contribution in [0.4, 0.5) is 0 Å². The highest BCUT2D eigenvalue weighted by Crippen LogP contribution is 2.45. The molecule has 0 aliphatic carbocycles. The minimum atomic E-state index is -2.40. The molecule has 5 rings (SSSR count). The summed E-state index contributed by atoms with van der Waals surface area (Å²) in [5, 5.41) is -0.121. The summed E-state index contributed by atoms with van der Waals surface area (Å²) < 4.78 is 39.3. The molecule has 1 saturated heterocycles. The first-order valence-electron chi connectivity index (χ1n) is 16.0. The van der Waals surface area contributed by atoms with Crippen LogP contribution in [0.25, 0.3) is 0 Å². The van der Waals surface area contributed by atoms with Crippen molar-refractivity contribution in [2.24, 2.45) is 0 Å². The van der Waals surface area contributed by atoms with Crippen molar-refractivity contribution in [3.8, 4) is 11.5 Å². The highest BCUT2D eigenvalue weighted by molar-refractivity contribution is 6.74. The molecule has 1 unspecified atom stereocenters. The van der Waals surface area contributed by atoms with Gasteiger partial charge in [-0.1, -0.05) is 75.4 Å². The summed E-state index contributed by atoms with van der Waals surface area (Å²) in [6, 6.07) is 26.9. The molecular weight excluding hydrogens is 628 g/mol. The normalized spacial score (nSPS) is 20.1. The van der Waals surface area contributed by atoms with Crippen molar-refractivity contribution in [2.75, 3.05) is 27.9 Å². The van der Waals surface area contributed by atoms with Gasteiger partial charge in [-0.05, 0) is 59.1 Å². The van der Waals surface area contributed by atoms with Gasteiger partial charge >= 0.3 is 5.69 Å². The molecule has 4 aromatic rings. The Morgan fingerprint density at radius 3 is 1.79 bits per heavy atom. The zero-order valence-electron chi connectivity index (χ0n) is 28.9. The minimum Gasteiger partial charge on any atom is -0.497 e. The summed E-state index contributed by atoms with van der Waals surface area (Å²) in [4.78, 5) is 27.3. The third kappa shape index (κ3) is 6.92. The highest BCUT2D eigenvalue weighted by atomic mass is 28.4. The van der Waals surface area contributed by atoms with E-state index in [1.54, 1.807) is 21.3 Å². The Hall–Kier alpha value is -4.00. The van der Waals surface area contributed by atoms with E-state index in [-0.39, 0.29) is 11.6 Å². The molecule has 2 heterocycles. The first-order valence-corrected chi connectivity index (χ1v) is 18.9. The molecule has 0 radical (unpaired) electrons. The number of aromatic amines is 1. The lowest BCUT2D eigenvalue weighted by Crippen LogP contribution is -2.51. The second kappa shape index (κ2) is 14.2. The van der Waals surface area contributed by atoms with Crippen molar-refractivity contribution in [3.63, 3.8) is 0 Å². The fourth-order valence-electron chi connectivity index (χ4n) is 5.89. The Balaban J connectivity index is 1.64. The third-order valence-corrected chi connectivity index (χ3v) is 14.0. The Kier molecular flexibility index (Phi) is 10.5. The average molecular weight is 675 g/mol. The van der Waals surface area contributed by atoms with Crippen molar-refractivity contribution < 1.29 is 28.1 Å². The van der Waals surface area contributed by atoms with Gasteiger partial charge in [0.25, 0.3) is 5.56 Å². The van der Waals surface area contributed by atoms with Gasteiger partial charge in [-0.3, -0.25) is 14.3 Å². The van der Waals surface area contributed by atoms with E-state index in [0.717, 1.165) is 28.2 Å². The molecule has 4 atom stereocenters. The second-order valence-electron chi connectivity index (χ2n) is 13.4. The molecule has 1 N–H and O–H groups in total. The van der Waals surface area contributed by atoms with E-state index in [1.165, 1.54) is 16.8 Å². The average Bonchev–Trinajstić information content (AvgIpc) is 3.41. The number of rotatable bonds is 12. The summed E-state index contributed by atoms with van der Waals surface area (Å²) in [5.74, 6) is 1.43. The molecule has 11 heteroatoms. The van der Waals surface area contributed by atoms with Gasteiger partial charge in [0.2, 0.25) is 0 Å². The smallest absolute Gasteiger partial charge is 0.330 e. The summed E-state index contributed by atoms with van der Waals surface area (Å²) in [7, 11) is 2.45. The Bertz CT molecular complexity index is 1720. The van der Waals surface area contributed by atoms with Crippen LogP contribution in [0.1, 0.15) is 43.7 Å². The van der Waals surface area contributed by atoms with Gasteiger partial charge in [0.1, 0.15) is 35.4 Å². The molecule has 0 bridgehead atoms. The SMILES string of the molecule is COc1ccc(C(OC[C@H]2O[C@@H](n3ccc(=O)[nH]c3=O)[C@@H](OC)C2O[Si](C)(C)C(C)(C)C)(c2ccccc2)c2ccc(OC)cc2)cc1. The molecule has 0 spiro atoms. The van der Waals surface area contributed by atoms with Crippen LogP contribution in [-0.2, 0) is 24.2 Å². The van der Waals surface area contributed by atoms with Gasteiger partial charge in [-0.25, -0.2) is 4.79 Å². The number of aromatic nitrogens is 2. The number of hydrogen-bond acceptors (Lipinski definition) is 8. The predicted molar refractivity (Wildman–Crippen MR) is 186 cm³/mol. The van der Waals surface area contributed by atoms with Gasteiger partial charge in [0.15, 0.2) is 14.5 Å². The summed E-state index contributed by atoms with van der Waals surface area (Å²) in [5.41, 5.74) is 0.450. The second-order valence-corrected chi connectivity index (χ2v) is 18.2. The minimum absolute atomic E-state index is 0.0701. The van der Waals surface area contributed by atoms with Crippen molar-refractivity contribution in [1.29, 1.82) is 0 Å². The number of ether oxygens (including phenoxy) is 5. The van der Waals surface area contributed by atoms with Crippen LogP contribution in [0, 0.1) is 0 Å². The first kappa shape index (κ1) is 35.3. The largest absolute Gasteiger partial charge is 0.497 e. The quantitative estimate of drug-likeness (QED) is 0.147. The maximum absolute atomic E-state index is 13.0. The molecule has 0 saturated carbocycles. The zero-order valence-corrected chi connectivity index (χ0v) is 29.9. The Labute approximate surface area is 282 Å². The summed E-state index contributed by atoms with van der Waals surface area (Å²) in [6.45, 7) is 10.9. The van der Waals surface area contributed by atoms with Crippen LogP contribution in [0.2, 0.25) is 18.1 Å². The number of H-pyrrole nitrogens is 1. The van der Waals surface area contributed by atoms with E-state index >= 15 is 0 Å². The van der Waals surface area contributed by atoms with Crippen LogP contribution in [0.5, 0.6) is 11.5 Å². The van der Waals surface area contributed by atoms with E-state index in [4.69, 9.17) is 28.1 Å². The van der Waals surface area contributed by atoms with Crippen LogP contribution >= 0.6 is 0 Å². The standard InChI is InChI=1S/C37H46N2O8Si/c1-36(2,3)48(7,8)47-32-30(46-34(33(32)44-6)39-23-22-31(40)38-35(39)41)24-45-37(25-12-10-9-11-13-25,26-14-18-28(42-4)19-15-26)27-16-20-29(43-5)21-17-27/h9-23,30,32-34H,24H2,1-8H3,(H,38,40,41)/t30-,32?,33+,34-/m1/s1. The first-order chi connectivity index (χ1) is 22.8. The monoisotopic (exact) mass is 674 g/mol. The van der Waals surface area contributed by atoms with Crippen molar-refractivity contribution in [1.82, 2.24) is 9.55 Å². The van der Waals surface area contributed by atoms with E-state index in [9.17, 15) is 9.59 Å². The molecule has 10 nitrogen and oxygen atoms in total. The number of nitrogens with one attached hydrogen (secondary N) is 1. The molecule has 48 heavy (non-hydrogen) atoms. The maximum Gasteiger partial charge on any atom is 0.330 e. The fraction of sp³-hybridized carbons (Fsp3) is 0.405. The van der Waals surface area contributed by atoms with Crippen molar-refractivity contribution in [3.05, 3.63) is 129 Å². The number of nitrogens with zero attached hydrogens (tertiary/aromatic N) is 1. The van der Waals surface area contributed by atoms with Gasteiger partial charge in [0.05, 0.1) is 20.8 Å². The lowest BCUT2D eigenvalue weighted by molar-refractivity contribution is -0.0959. The summed E-state index contributed by atoms with van der Waals surface area (Å²) in [6.07, 6.45) is -1.39. The Morgan fingerprint density at radius 2 is 1.31 bits per heavy atom. The van der Waals surface area contributed by atoms with Gasteiger partial charge in [0, 0.05) is 19.4 Å². The molecule has 1 fully saturated rings. The molecule has 3 aromatic carbocycles. The van der Waals surface area contributed by atoms with Crippen LogP contribution in [0.3, 0.4) is 0 Å². The van der Waals surface area contributed by atoms with Gasteiger partial charge < -0.3 is 28.1 Å². The molecule has 256 valence electrons. The fourth-order valence-corrected chi connectivity index (χ4v) is 7.21. The van der Waals surface area contributed by atoms with E-state index in [2.05, 4.69) is 38.8 Å². The van der Waals surface area contributed by atoms with E-state index in [1.807, 2.05) is 78.9 Å². The molecular formula is C37H46N2O8Si. The molecule has 0 amide bonds. The van der Waals surface area contributed by atoms with Gasteiger partial charge in [-0.2, -0.15) is 0 Å². The van der Waals surface area contributed by atoms with Gasteiger partial charge in [-0.15, -0.1) is 0 Å². The highest BCUT2D eigenvalue weighted by Gasteiger charge is 2.52. The van der Waals surface area contributed by atoms with Crippen molar-refractivity contribution in [2.45, 2.75) is 69.0 Å². The third-order valence-electron chi connectivity index (χ3n) is 9.56. The topological polar surface area (TPSA) is 110 Å². The lowest BCUT2D eigenvalue weighted by atomic mass is 9.80. The maximum atomic E-state index is 13.0. The van der Waals surface area contributed by atoms with E-state index < -0.39 is 49.7 Å². The number of methoxy groups -OCH3 is 3. The van der Waals surface area contributed by atoms with Crippen molar-refractivity contribution >= 4 is 8.32 Å². The number of hydrogen-bond donors (Lipinski definition) is 1. The molecule has 1 aliphatic heterocycles. The summed E-state index contributed by atoms with van der Waals surface area (Å²) >= 11 is 0. The Morgan fingerprint density at radius 1 is 0.771 bits per heavy atom. The molecule has 1 aliphatic rings. The van der Waals surface area contributed by atoms with Crippen LogP contribution < -0.4 is 20.7 Å². The lowest BCUT2D eigenvalue weighted by Gasteiger charge is -2.41. The predicted octanol–water partition coefficient (Wildman–Crippen LogP) is 5.87. The van der Waals surface area contributed by atoms with E-state index in [0.29, 0.717) is 0 Å².